The fourth-order valence-electron chi connectivity index (χ4n) is 1.53. The van der Waals surface area contributed by atoms with Gasteiger partial charge in [-0.15, -0.1) is 0 Å². The molecule has 0 fully saturated rings. The SMILES string of the molecule is CCC(C)c1ccc(C(=O)C(=O)N(C)C)cc1. The summed E-state index contributed by atoms with van der Waals surface area (Å²) in [4.78, 5) is 24.5. The quantitative estimate of drug-likeness (QED) is 0.592. The van der Waals surface area contributed by atoms with Crippen molar-refractivity contribution in [3.8, 4) is 0 Å². The molecule has 0 saturated carbocycles. The van der Waals surface area contributed by atoms with Gasteiger partial charge in [0.05, 0.1) is 0 Å². The van der Waals surface area contributed by atoms with Gasteiger partial charge in [-0.05, 0) is 17.9 Å². The van der Waals surface area contributed by atoms with Crippen molar-refractivity contribution in [2.75, 3.05) is 14.1 Å². The maximum Gasteiger partial charge on any atom is 0.294 e. The number of Topliss-reactive ketones (excluding diaryl/α,β-unsaturated/α-hetero) is 1. The van der Waals surface area contributed by atoms with Crippen LogP contribution in [-0.4, -0.2) is 30.7 Å². The van der Waals surface area contributed by atoms with E-state index >= 15 is 0 Å². The first-order chi connectivity index (χ1) is 7.97. The summed E-state index contributed by atoms with van der Waals surface area (Å²) >= 11 is 0. The topological polar surface area (TPSA) is 37.4 Å². The third kappa shape index (κ3) is 3.16. The number of rotatable bonds is 4. The van der Waals surface area contributed by atoms with Crippen LogP contribution in [0.4, 0.5) is 0 Å². The number of hydrogen-bond acceptors (Lipinski definition) is 2. The Balaban J connectivity index is 2.88. The molecule has 0 saturated heterocycles. The molecule has 0 radical (unpaired) electrons. The van der Waals surface area contributed by atoms with Gasteiger partial charge >= 0.3 is 0 Å². The van der Waals surface area contributed by atoms with E-state index in [1.54, 1.807) is 26.2 Å². The Kier molecular flexibility index (Phi) is 4.44. The maximum atomic E-state index is 11.7. The third-order valence-corrected chi connectivity index (χ3v) is 2.95. The van der Waals surface area contributed by atoms with Crippen molar-refractivity contribution in [3.05, 3.63) is 35.4 Å². The first-order valence-corrected chi connectivity index (χ1v) is 5.83. The summed E-state index contributed by atoms with van der Waals surface area (Å²) in [7, 11) is 3.15. The lowest BCUT2D eigenvalue weighted by molar-refractivity contribution is -0.124. The highest BCUT2D eigenvalue weighted by atomic mass is 16.2. The average molecular weight is 233 g/mol. The molecule has 1 atom stereocenters. The zero-order chi connectivity index (χ0) is 13.0. The molecular formula is C14H19NO2. The van der Waals surface area contributed by atoms with Crippen LogP contribution in [-0.2, 0) is 4.79 Å². The van der Waals surface area contributed by atoms with Gasteiger partial charge in [0.1, 0.15) is 0 Å². The second kappa shape index (κ2) is 5.62. The number of carbonyl (C=O) groups is 2. The van der Waals surface area contributed by atoms with Gasteiger partial charge < -0.3 is 4.90 Å². The maximum absolute atomic E-state index is 11.7. The molecule has 1 aromatic rings. The number of benzene rings is 1. The summed E-state index contributed by atoms with van der Waals surface area (Å²) in [6, 6.07) is 7.30. The Bertz CT molecular complexity index is 407. The van der Waals surface area contributed by atoms with Gasteiger partial charge in [-0.3, -0.25) is 9.59 Å². The summed E-state index contributed by atoms with van der Waals surface area (Å²) in [6.07, 6.45) is 1.06. The third-order valence-electron chi connectivity index (χ3n) is 2.95. The van der Waals surface area contributed by atoms with Crippen molar-refractivity contribution < 1.29 is 9.59 Å². The highest BCUT2D eigenvalue weighted by molar-refractivity contribution is 6.42. The van der Waals surface area contributed by atoms with Gasteiger partial charge in [0.2, 0.25) is 5.78 Å². The molecule has 0 aliphatic heterocycles. The van der Waals surface area contributed by atoms with Crippen LogP contribution in [0.2, 0.25) is 0 Å². The molecule has 1 amide bonds. The molecule has 3 nitrogen and oxygen atoms in total. The van der Waals surface area contributed by atoms with Crippen LogP contribution in [0.15, 0.2) is 24.3 Å². The van der Waals surface area contributed by atoms with Crippen molar-refractivity contribution in [3.63, 3.8) is 0 Å². The minimum atomic E-state index is -0.485. The molecule has 1 unspecified atom stereocenters. The summed E-state index contributed by atoms with van der Waals surface area (Å²) in [6.45, 7) is 4.26. The molecule has 0 N–H and O–H groups in total. The van der Waals surface area contributed by atoms with Gasteiger partial charge in [0.15, 0.2) is 0 Å². The molecule has 0 aromatic heterocycles. The second-order valence-corrected chi connectivity index (χ2v) is 4.46. The Labute approximate surface area is 102 Å². The van der Waals surface area contributed by atoms with Crippen LogP contribution >= 0.6 is 0 Å². The number of nitrogens with zero attached hydrogens (tertiary/aromatic N) is 1. The second-order valence-electron chi connectivity index (χ2n) is 4.46. The molecule has 0 heterocycles. The first kappa shape index (κ1) is 13.4. The van der Waals surface area contributed by atoms with Crippen molar-refractivity contribution in [1.82, 2.24) is 4.90 Å². The van der Waals surface area contributed by atoms with Gasteiger partial charge in [-0.2, -0.15) is 0 Å². The van der Waals surface area contributed by atoms with Crippen molar-refractivity contribution in [2.45, 2.75) is 26.2 Å². The van der Waals surface area contributed by atoms with E-state index in [1.807, 2.05) is 12.1 Å². The molecular weight excluding hydrogens is 214 g/mol. The van der Waals surface area contributed by atoms with Crippen LogP contribution in [0, 0.1) is 0 Å². The van der Waals surface area contributed by atoms with Gasteiger partial charge in [0, 0.05) is 19.7 Å². The van der Waals surface area contributed by atoms with E-state index < -0.39 is 11.7 Å². The lowest BCUT2D eigenvalue weighted by Gasteiger charge is -2.11. The molecule has 0 bridgehead atoms. The lowest BCUT2D eigenvalue weighted by atomic mass is 9.97. The monoisotopic (exact) mass is 233 g/mol. The Morgan fingerprint density at radius 3 is 2.12 bits per heavy atom. The van der Waals surface area contributed by atoms with Crippen LogP contribution in [0.25, 0.3) is 0 Å². The van der Waals surface area contributed by atoms with Crippen LogP contribution in [0.1, 0.15) is 42.1 Å². The normalized spacial score (nSPS) is 12.0. The van der Waals surface area contributed by atoms with Gasteiger partial charge in [0.25, 0.3) is 5.91 Å². The molecule has 0 aliphatic carbocycles. The summed E-state index contributed by atoms with van der Waals surface area (Å²) in [5.74, 6) is -0.462. The fraction of sp³-hybridized carbons (Fsp3) is 0.429. The summed E-state index contributed by atoms with van der Waals surface area (Å²) < 4.78 is 0. The molecule has 0 spiro atoms. The number of likely N-dealkylation sites (N-methyl/N-ethyl adjacent to an activating group) is 1. The largest absolute Gasteiger partial charge is 0.342 e. The van der Waals surface area contributed by atoms with Crippen molar-refractivity contribution in [2.24, 2.45) is 0 Å². The lowest BCUT2D eigenvalue weighted by Crippen LogP contribution is -2.29. The van der Waals surface area contributed by atoms with Crippen LogP contribution in [0.3, 0.4) is 0 Å². The van der Waals surface area contributed by atoms with Crippen LogP contribution < -0.4 is 0 Å². The number of amides is 1. The van der Waals surface area contributed by atoms with E-state index in [-0.39, 0.29) is 0 Å². The number of hydrogen-bond donors (Lipinski definition) is 0. The molecule has 17 heavy (non-hydrogen) atoms. The minimum Gasteiger partial charge on any atom is -0.342 e. The molecule has 1 aromatic carbocycles. The average Bonchev–Trinajstić information content (AvgIpc) is 2.36. The van der Waals surface area contributed by atoms with Gasteiger partial charge in [-0.1, -0.05) is 38.1 Å². The molecule has 0 aliphatic rings. The van der Waals surface area contributed by atoms with Gasteiger partial charge in [-0.25, -0.2) is 0 Å². The molecule has 1 rings (SSSR count). The number of carbonyl (C=O) groups excluding carboxylic acids is 2. The Hall–Kier alpha value is -1.64. The van der Waals surface area contributed by atoms with E-state index in [0.717, 1.165) is 6.42 Å². The summed E-state index contributed by atoms with van der Waals surface area (Å²) in [5, 5.41) is 0. The highest BCUT2D eigenvalue weighted by Crippen LogP contribution is 2.19. The van der Waals surface area contributed by atoms with E-state index in [0.29, 0.717) is 11.5 Å². The Morgan fingerprint density at radius 1 is 1.18 bits per heavy atom. The van der Waals surface area contributed by atoms with E-state index in [1.165, 1.54) is 10.5 Å². The summed E-state index contributed by atoms with van der Waals surface area (Å²) in [5.41, 5.74) is 1.65. The predicted molar refractivity (Wildman–Crippen MR) is 68.2 cm³/mol. The van der Waals surface area contributed by atoms with E-state index in [4.69, 9.17) is 0 Å². The Morgan fingerprint density at radius 2 is 1.71 bits per heavy atom. The van der Waals surface area contributed by atoms with Crippen LogP contribution in [0.5, 0.6) is 0 Å². The molecule has 3 heteroatoms. The van der Waals surface area contributed by atoms with Crippen molar-refractivity contribution in [1.29, 1.82) is 0 Å². The predicted octanol–water partition coefficient (Wildman–Crippen LogP) is 2.47. The number of ketones is 1. The zero-order valence-corrected chi connectivity index (χ0v) is 10.9. The van der Waals surface area contributed by atoms with Crippen molar-refractivity contribution >= 4 is 11.7 Å². The fourth-order valence-corrected chi connectivity index (χ4v) is 1.53. The van der Waals surface area contributed by atoms with E-state index in [9.17, 15) is 9.59 Å². The first-order valence-electron chi connectivity index (χ1n) is 5.83. The standard InChI is InChI=1S/C14H19NO2/c1-5-10(2)11-6-8-12(9-7-11)13(16)14(17)15(3)4/h6-10H,5H2,1-4H3. The highest BCUT2D eigenvalue weighted by Gasteiger charge is 2.17. The molecule has 92 valence electrons. The zero-order valence-electron chi connectivity index (χ0n) is 10.9. The smallest absolute Gasteiger partial charge is 0.294 e. The minimum absolute atomic E-state index is 0.453. The van der Waals surface area contributed by atoms with E-state index in [2.05, 4.69) is 13.8 Å².